The second-order valence-electron chi connectivity index (χ2n) is 8.44. The van der Waals surface area contributed by atoms with Gasteiger partial charge in [0.05, 0.1) is 11.3 Å². The molecule has 4 aliphatic carbocycles. The van der Waals surface area contributed by atoms with Gasteiger partial charge in [0.15, 0.2) is 5.78 Å². The highest BCUT2D eigenvalue weighted by Crippen LogP contribution is 2.79. The number of allylic oxidation sites excluding steroid dienone is 1. The highest BCUT2D eigenvalue weighted by molar-refractivity contribution is 6.07. The summed E-state index contributed by atoms with van der Waals surface area (Å²) in [4.78, 5) is 38.0. The number of rotatable bonds is 0. The van der Waals surface area contributed by atoms with Crippen molar-refractivity contribution in [3.63, 3.8) is 0 Å². The molecule has 0 aromatic heterocycles. The van der Waals surface area contributed by atoms with Gasteiger partial charge >= 0.3 is 5.97 Å². The number of carbonyl (C=O) groups excluding carboxylic acids is 3. The van der Waals surface area contributed by atoms with Crippen LogP contribution in [0.4, 0.5) is 0 Å². The van der Waals surface area contributed by atoms with E-state index in [1.807, 2.05) is 13.8 Å². The molecule has 5 heteroatoms. The second kappa shape index (κ2) is 3.46. The molecule has 1 N–H and O–H groups in total. The summed E-state index contributed by atoms with van der Waals surface area (Å²) in [6.07, 6.45) is 1.90. The fraction of sp³-hybridized carbons (Fsp3) is 0.722. The third-order valence-electron chi connectivity index (χ3n) is 7.87. The first-order chi connectivity index (χ1) is 10.7. The Bertz CT molecular complexity index is 738. The number of esters is 1. The van der Waals surface area contributed by atoms with Gasteiger partial charge in [0.2, 0.25) is 0 Å². The smallest absolute Gasteiger partial charge is 0.309 e. The van der Waals surface area contributed by atoms with Crippen molar-refractivity contribution in [3.05, 3.63) is 11.6 Å². The summed E-state index contributed by atoms with van der Waals surface area (Å²) in [5.41, 5.74) is -2.45. The predicted molar refractivity (Wildman–Crippen MR) is 78.0 cm³/mol. The van der Waals surface area contributed by atoms with Crippen LogP contribution in [0.5, 0.6) is 0 Å². The van der Waals surface area contributed by atoms with Crippen LogP contribution >= 0.6 is 0 Å². The van der Waals surface area contributed by atoms with Crippen LogP contribution in [-0.4, -0.2) is 34.3 Å². The van der Waals surface area contributed by atoms with Crippen LogP contribution in [0.2, 0.25) is 0 Å². The van der Waals surface area contributed by atoms with Gasteiger partial charge in [-0.15, -0.1) is 0 Å². The zero-order valence-corrected chi connectivity index (χ0v) is 13.5. The van der Waals surface area contributed by atoms with Crippen LogP contribution in [0.3, 0.4) is 0 Å². The number of carbonyl (C=O) groups is 3. The van der Waals surface area contributed by atoms with Gasteiger partial charge in [0, 0.05) is 30.1 Å². The van der Waals surface area contributed by atoms with Crippen molar-refractivity contribution in [2.45, 2.75) is 45.3 Å². The summed E-state index contributed by atoms with van der Waals surface area (Å²) in [5.74, 6) is -1.33. The van der Waals surface area contributed by atoms with Gasteiger partial charge in [-0.25, -0.2) is 0 Å². The van der Waals surface area contributed by atoms with Crippen LogP contribution in [0, 0.1) is 34.5 Å². The molecular weight excluding hydrogens is 296 g/mol. The second-order valence-corrected chi connectivity index (χ2v) is 8.44. The topological polar surface area (TPSA) is 80.7 Å². The molecule has 122 valence electrons. The lowest BCUT2D eigenvalue weighted by molar-refractivity contribution is -0.150. The number of hydrogen-bond acceptors (Lipinski definition) is 5. The molecule has 0 radical (unpaired) electrons. The van der Waals surface area contributed by atoms with E-state index in [0.717, 1.165) is 0 Å². The summed E-state index contributed by atoms with van der Waals surface area (Å²) >= 11 is 0. The molecular formula is C18H20O5. The molecule has 1 aliphatic heterocycles. The number of fused-ring (bicyclic) bond motifs is 3. The van der Waals surface area contributed by atoms with E-state index in [0.29, 0.717) is 12.0 Å². The molecule has 0 aromatic rings. The van der Waals surface area contributed by atoms with Gasteiger partial charge in [-0.2, -0.15) is 0 Å². The fourth-order valence-electron chi connectivity index (χ4n) is 7.17. The van der Waals surface area contributed by atoms with Crippen molar-refractivity contribution in [3.8, 4) is 0 Å². The summed E-state index contributed by atoms with van der Waals surface area (Å²) in [7, 11) is 0. The number of Topliss-reactive ketones (excluding diaryl/α,β-unsaturated/α-hetero) is 2. The first-order valence-corrected chi connectivity index (χ1v) is 8.40. The molecule has 5 nitrogen and oxygen atoms in total. The Hall–Kier alpha value is -1.49. The SMILES string of the molecule is CC1=C[C@]2(O)[C@@H]3CC(=O)[C@]24C[C@H]2OC(=O)[C@@H](C)[C@H]2[C@@H]4[C@]3(C)C1=O. The minimum Gasteiger partial charge on any atom is -0.462 e. The molecule has 1 saturated heterocycles. The first kappa shape index (κ1) is 13.9. The van der Waals surface area contributed by atoms with Crippen molar-refractivity contribution < 1.29 is 24.2 Å². The van der Waals surface area contributed by atoms with Gasteiger partial charge < -0.3 is 9.84 Å². The lowest BCUT2D eigenvalue weighted by atomic mass is 9.57. The first-order valence-electron chi connectivity index (χ1n) is 8.40. The molecule has 4 fully saturated rings. The molecule has 4 bridgehead atoms. The highest BCUT2D eigenvalue weighted by atomic mass is 16.6. The van der Waals surface area contributed by atoms with Crippen LogP contribution in [0.25, 0.3) is 0 Å². The van der Waals surface area contributed by atoms with Gasteiger partial charge in [-0.1, -0.05) is 13.8 Å². The third-order valence-corrected chi connectivity index (χ3v) is 7.87. The molecule has 0 aromatic carbocycles. The Morgan fingerprint density at radius 3 is 2.70 bits per heavy atom. The van der Waals surface area contributed by atoms with Crippen molar-refractivity contribution >= 4 is 17.5 Å². The Balaban J connectivity index is 1.81. The maximum atomic E-state index is 13.0. The van der Waals surface area contributed by atoms with Crippen molar-refractivity contribution in [2.24, 2.45) is 34.5 Å². The standard InChI is InChI=1S/C18H20O5/c1-7-5-18(22)10-4-11(19)17(18)6-9-12(8(2)15(21)23-9)13(17)16(10,3)14(7)20/h5,8-10,12-13,22H,4,6H2,1-3H3/t8-,9+,10+,12+,13+,16+,17-,18-/m0/s1. The number of hydrogen-bond donors (Lipinski definition) is 1. The zero-order chi connectivity index (χ0) is 16.5. The van der Waals surface area contributed by atoms with Crippen LogP contribution in [-0.2, 0) is 19.1 Å². The number of aliphatic hydroxyl groups is 1. The Morgan fingerprint density at radius 2 is 2.00 bits per heavy atom. The van der Waals surface area contributed by atoms with Gasteiger partial charge in [0.1, 0.15) is 17.5 Å². The molecule has 0 unspecified atom stereocenters. The minimum absolute atomic E-state index is 0.0266. The average molecular weight is 316 g/mol. The van der Waals surface area contributed by atoms with Crippen LogP contribution < -0.4 is 0 Å². The summed E-state index contributed by atoms with van der Waals surface area (Å²) in [6, 6.07) is 0. The van der Waals surface area contributed by atoms with E-state index >= 15 is 0 Å². The monoisotopic (exact) mass is 316 g/mol. The average Bonchev–Trinajstić information content (AvgIpc) is 3.06. The number of ether oxygens (including phenoxy) is 1. The van der Waals surface area contributed by atoms with Gasteiger partial charge in [0.25, 0.3) is 0 Å². The largest absolute Gasteiger partial charge is 0.462 e. The summed E-state index contributed by atoms with van der Waals surface area (Å²) in [6.45, 7) is 5.45. The van der Waals surface area contributed by atoms with E-state index in [9.17, 15) is 19.5 Å². The predicted octanol–water partition coefficient (Wildman–Crippen LogP) is 1.04. The summed E-state index contributed by atoms with van der Waals surface area (Å²) < 4.78 is 5.51. The lowest BCUT2D eigenvalue weighted by Crippen LogP contribution is -2.49. The van der Waals surface area contributed by atoms with Crippen LogP contribution in [0.1, 0.15) is 33.6 Å². The van der Waals surface area contributed by atoms with Gasteiger partial charge in [-0.3, -0.25) is 14.4 Å². The Labute approximate surface area is 134 Å². The zero-order valence-electron chi connectivity index (χ0n) is 13.5. The lowest BCUT2D eigenvalue weighted by Gasteiger charge is -2.43. The molecule has 8 atom stereocenters. The van der Waals surface area contributed by atoms with E-state index in [1.54, 1.807) is 13.0 Å². The van der Waals surface area contributed by atoms with Crippen LogP contribution in [0.15, 0.2) is 11.6 Å². The maximum absolute atomic E-state index is 13.0. The molecule has 1 spiro atoms. The third kappa shape index (κ3) is 1.06. The van der Waals surface area contributed by atoms with E-state index in [2.05, 4.69) is 0 Å². The minimum atomic E-state index is -1.27. The van der Waals surface area contributed by atoms with Crippen molar-refractivity contribution in [1.29, 1.82) is 0 Å². The molecule has 0 amide bonds. The normalized spacial score (nSPS) is 59.0. The fourth-order valence-corrected chi connectivity index (χ4v) is 7.17. The maximum Gasteiger partial charge on any atom is 0.309 e. The Kier molecular flexibility index (Phi) is 2.09. The summed E-state index contributed by atoms with van der Waals surface area (Å²) in [5, 5.41) is 11.5. The van der Waals surface area contributed by atoms with Gasteiger partial charge in [-0.05, 0) is 24.5 Å². The number of ketones is 2. The Morgan fingerprint density at radius 1 is 1.30 bits per heavy atom. The van der Waals surface area contributed by atoms with Crippen molar-refractivity contribution in [2.75, 3.05) is 0 Å². The molecule has 5 rings (SSSR count). The van der Waals surface area contributed by atoms with E-state index in [1.165, 1.54) is 0 Å². The van der Waals surface area contributed by atoms with E-state index in [4.69, 9.17) is 4.74 Å². The van der Waals surface area contributed by atoms with E-state index in [-0.39, 0.29) is 53.7 Å². The molecule has 1 heterocycles. The molecule has 23 heavy (non-hydrogen) atoms. The van der Waals surface area contributed by atoms with Crippen molar-refractivity contribution in [1.82, 2.24) is 0 Å². The molecule has 5 aliphatic rings. The molecule has 3 saturated carbocycles. The quantitative estimate of drug-likeness (QED) is 0.675. The van der Waals surface area contributed by atoms with E-state index < -0.39 is 16.4 Å². The highest BCUT2D eigenvalue weighted by Gasteiger charge is 2.87.